The van der Waals surface area contributed by atoms with Gasteiger partial charge in [0, 0.05) is 30.6 Å². The second-order valence-corrected chi connectivity index (χ2v) is 10.9. The highest BCUT2D eigenvalue weighted by molar-refractivity contribution is 8.16. The van der Waals surface area contributed by atoms with E-state index in [1.165, 1.54) is 16.9 Å². The highest BCUT2D eigenvalue weighted by Gasteiger charge is 2.23. The molecule has 6 nitrogen and oxygen atoms in total. The largest absolute Gasteiger partial charge is 0.477 e. The van der Waals surface area contributed by atoms with Gasteiger partial charge in [-0.3, -0.25) is 9.80 Å². The quantitative estimate of drug-likeness (QED) is 0.316. The topological polar surface area (TPSA) is 81.1 Å². The van der Waals surface area contributed by atoms with Crippen molar-refractivity contribution in [3.8, 4) is 0 Å². The minimum Gasteiger partial charge on any atom is -0.477 e. The number of hydrogen-bond donors (Lipinski definition) is 2. The normalized spacial score (nSPS) is 14.7. The average Bonchev–Trinajstić information content (AvgIpc) is 3.53. The van der Waals surface area contributed by atoms with Crippen LogP contribution in [0.5, 0.6) is 0 Å². The van der Waals surface area contributed by atoms with Crippen molar-refractivity contribution in [2.45, 2.75) is 25.4 Å². The summed E-state index contributed by atoms with van der Waals surface area (Å²) in [6.07, 6.45) is 7.08. The molecule has 0 bridgehead atoms. The van der Waals surface area contributed by atoms with Gasteiger partial charge in [-0.05, 0) is 75.7 Å². The van der Waals surface area contributed by atoms with E-state index in [-0.39, 0.29) is 5.24 Å². The number of aromatic carboxylic acids is 1. The van der Waals surface area contributed by atoms with Crippen molar-refractivity contribution >= 4 is 57.8 Å². The number of thioether (sulfide) groups is 1. The molecule has 1 atom stereocenters. The Morgan fingerprint density at radius 1 is 1.09 bits per heavy atom. The van der Waals surface area contributed by atoms with Crippen LogP contribution in [0.2, 0.25) is 0 Å². The number of benzene rings is 1. The van der Waals surface area contributed by atoms with Gasteiger partial charge in [-0.25, -0.2) is 9.80 Å². The number of carboxylic acid groups (broad SMARTS) is 1. The van der Waals surface area contributed by atoms with E-state index in [0.29, 0.717) is 37.2 Å². The van der Waals surface area contributed by atoms with Crippen LogP contribution in [0, 0.1) is 0 Å². The number of aliphatic hydroxyl groups excluding tert-OH is 1. The Labute approximate surface area is 216 Å². The van der Waals surface area contributed by atoms with E-state index in [9.17, 15) is 14.7 Å². The fourth-order valence-corrected chi connectivity index (χ4v) is 5.80. The molecule has 3 aromatic rings. The van der Waals surface area contributed by atoms with Crippen LogP contribution in [0.25, 0.3) is 12.2 Å². The smallest absolute Gasteiger partial charge is 0.345 e. The summed E-state index contributed by atoms with van der Waals surface area (Å²) in [7, 11) is 0. The van der Waals surface area contributed by atoms with Crippen LogP contribution < -0.4 is 0 Å². The molecule has 4 rings (SSSR count). The molecule has 1 aliphatic heterocycles. The van der Waals surface area contributed by atoms with Crippen LogP contribution in [0.4, 0.5) is 4.79 Å². The predicted octanol–water partition coefficient (Wildman–Crippen LogP) is 6.07. The molecule has 0 spiro atoms. The number of amides is 1. The maximum atomic E-state index is 12.5. The number of rotatable bonds is 11. The standard InChI is InChI=1S/C26H26N2O4S3/c29-22(17-21-3-1-2-19(16-21)4-5-20-10-14-33-18-20)8-11-27-13-15-34-26(32)28(27)12-9-23-6-7-24(35-23)25(30)31/h1-7,10,13-16,18,22,29H,8-9,11-12,17H2,(H,30,31). The fraction of sp³-hybridized carbons (Fsp3) is 0.231. The molecule has 0 saturated heterocycles. The van der Waals surface area contributed by atoms with Crippen LogP contribution >= 0.6 is 34.4 Å². The first kappa shape index (κ1) is 25.2. The van der Waals surface area contributed by atoms with Gasteiger partial charge in [-0.2, -0.15) is 11.3 Å². The molecule has 2 aromatic heterocycles. The van der Waals surface area contributed by atoms with E-state index in [4.69, 9.17) is 5.11 Å². The second-order valence-electron chi connectivity index (χ2n) is 8.06. The minimum atomic E-state index is -0.937. The van der Waals surface area contributed by atoms with Gasteiger partial charge in [-0.15, -0.1) is 11.3 Å². The number of carbonyl (C=O) groups is 2. The number of carbonyl (C=O) groups excluding carboxylic acids is 1. The Hall–Kier alpha value is -2.85. The first-order chi connectivity index (χ1) is 17.0. The van der Waals surface area contributed by atoms with E-state index < -0.39 is 12.1 Å². The number of nitrogens with zero attached hydrogens (tertiary/aromatic N) is 2. The van der Waals surface area contributed by atoms with Crippen LogP contribution in [0.15, 0.2) is 64.8 Å². The maximum absolute atomic E-state index is 12.5. The van der Waals surface area contributed by atoms with Gasteiger partial charge in [0.15, 0.2) is 0 Å². The molecular formula is C26H26N2O4S3. The lowest BCUT2D eigenvalue weighted by molar-refractivity contribution is 0.0548. The molecule has 9 heteroatoms. The van der Waals surface area contributed by atoms with Crippen molar-refractivity contribution in [3.05, 3.63) is 91.3 Å². The van der Waals surface area contributed by atoms with E-state index in [0.717, 1.165) is 27.8 Å². The molecular weight excluding hydrogens is 500 g/mol. The molecule has 182 valence electrons. The van der Waals surface area contributed by atoms with Crippen molar-refractivity contribution < 1.29 is 19.8 Å². The molecule has 0 aliphatic carbocycles. The van der Waals surface area contributed by atoms with Crippen molar-refractivity contribution in [2.24, 2.45) is 0 Å². The summed E-state index contributed by atoms with van der Waals surface area (Å²) in [5, 5.41) is 29.1. The Bertz CT molecular complexity index is 1200. The van der Waals surface area contributed by atoms with Gasteiger partial charge < -0.3 is 10.2 Å². The number of aliphatic hydroxyl groups is 1. The third kappa shape index (κ3) is 7.32. The summed E-state index contributed by atoms with van der Waals surface area (Å²) < 4.78 is 0. The monoisotopic (exact) mass is 526 g/mol. The lowest BCUT2D eigenvalue weighted by Crippen LogP contribution is -2.45. The first-order valence-corrected chi connectivity index (χ1v) is 13.8. The SMILES string of the molecule is O=C(O)c1ccc(CCN2C(=O)SC=CN2CCC(O)Cc2cccc(C=Cc3ccsc3)c2)s1. The van der Waals surface area contributed by atoms with Crippen LogP contribution in [-0.2, 0) is 12.8 Å². The highest BCUT2D eigenvalue weighted by atomic mass is 32.2. The molecule has 0 saturated carbocycles. The van der Waals surface area contributed by atoms with Crippen molar-refractivity contribution in [2.75, 3.05) is 13.1 Å². The van der Waals surface area contributed by atoms with Gasteiger partial charge in [0.05, 0.1) is 6.10 Å². The molecule has 1 aromatic carbocycles. The number of hydrogen-bond acceptors (Lipinski definition) is 7. The summed E-state index contributed by atoms with van der Waals surface area (Å²) >= 11 is 4.02. The molecule has 35 heavy (non-hydrogen) atoms. The van der Waals surface area contributed by atoms with Gasteiger partial charge in [0.25, 0.3) is 0 Å². The highest BCUT2D eigenvalue weighted by Crippen LogP contribution is 2.23. The summed E-state index contributed by atoms with van der Waals surface area (Å²) in [5.74, 6) is -0.937. The average molecular weight is 527 g/mol. The van der Waals surface area contributed by atoms with Crippen molar-refractivity contribution in [3.63, 3.8) is 0 Å². The minimum absolute atomic E-state index is 0.0814. The summed E-state index contributed by atoms with van der Waals surface area (Å²) in [6.45, 7) is 0.955. The number of hydrazine groups is 1. The second kappa shape index (κ2) is 12.2. The van der Waals surface area contributed by atoms with E-state index in [2.05, 4.69) is 35.0 Å². The van der Waals surface area contributed by atoms with Gasteiger partial charge in [0.1, 0.15) is 4.88 Å². The van der Waals surface area contributed by atoms with Crippen LogP contribution in [0.3, 0.4) is 0 Å². The zero-order chi connectivity index (χ0) is 24.6. The summed E-state index contributed by atoms with van der Waals surface area (Å²) in [5.41, 5.74) is 3.33. The molecule has 1 unspecified atom stereocenters. The Balaban J connectivity index is 1.30. The van der Waals surface area contributed by atoms with Gasteiger partial charge >= 0.3 is 11.2 Å². The van der Waals surface area contributed by atoms with Crippen LogP contribution in [-0.4, -0.2) is 50.6 Å². The molecule has 2 N–H and O–H groups in total. The Morgan fingerprint density at radius 3 is 2.71 bits per heavy atom. The number of thiophene rings is 2. The van der Waals surface area contributed by atoms with Crippen LogP contribution in [0.1, 0.15) is 37.7 Å². The lowest BCUT2D eigenvalue weighted by Gasteiger charge is -2.36. The maximum Gasteiger partial charge on any atom is 0.345 e. The van der Waals surface area contributed by atoms with Crippen molar-refractivity contribution in [1.29, 1.82) is 0 Å². The zero-order valence-corrected chi connectivity index (χ0v) is 21.4. The van der Waals surface area contributed by atoms with E-state index in [1.807, 2.05) is 29.4 Å². The molecule has 0 radical (unpaired) electrons. The van der Waals surface area contributed by atoms with Crippen molar-refractivity contribution in [1.82, 2.24) is 10.0 Å². The lowest BCUT2D eigenvalue weighted by atomic mass is 10.0. The van der Waals surface area contributed by atoms with E-state index >= 15 is 0 Å². The molecule has 1 aliphatic rings. The molecule has 3 heterocycles. The molecule has 1 amide bonds. The predicted molar refractivity (Wildman–Crippen MR) is 145 cm³/mol. The third-order valence-electron chi connectivity index (χ3n) is 5.49. The van der Waals surface area contributed by atoms with Gasteiger partial charge in [-0.1, -0.05) is 36.4 Å². The third-order valence-corrected chi connectivity index (χ3v) is 7.99. The van der Waals surface area contributed by atoms with E-state index in [1.54, 1.807) is 33.9 Å². The fourth-order valence-electron chi connectivity index (χ4n) is 3.70. The summed E-state index contributed by atoms with van der Waals surface area (Å²) in [4.78, 5) is 24.8. The Morgan fingerprint density at radius 2 is 1.94 bits per heavy atom. The first-order valence-electron chi connectivity index (χ1n) is 11.2. The Kier molecular flexibility index (Phi) is 8.81. The number of carboxylic acids is 1. The summed E-state index contributed by atoms with van der Waals surface area (Å²) in [6, 6.07) is 13.6. The molecule has 0 fully saturated rings. The zero-order valence-electron chi connectivity index (χ0n) is 18.9. The van der Waals surface area contributed by atoms with Gasteiger partial charge in [0.2, 0.25) is 0 Å².